The van der Waals surface area contributed by atoms with Gasteiger partial charge in [0.1, 0.15) is 17.3 Å². The molecule has 7 nitrogen and oxygen atoms in total. The second-order valence-electron chi connectivity index (χ2n) is 7.06. The predicted octanol–water partition coefficient (Wildman–Crippen LogP) is 3.33. The fourth-order valence-corrected chi connectivity index (χ4v) is 3.70. The van der Waals surface area contributed by atoms with Gasteiger partial charge in [-0.05, 0) is 42.7 Å². The Morgan fingerprint density at radius 2 is 1.97 bits per heavy atom. The van der Waals surface area contributed by atoms with Crippen LogP contribution in [0, 0.1) is 6.92 Å². The summed E-state index contributed by atoms with van der Waals surface area (Å²) in [7, 11) is 0. The van der Waals surface area contributed by atoms with E-state index in [1.54, 1.807) is 17.9 Å². The van der Waals surface area contributed by atoms with Gasteiger partial charge in [-0.3, -0.25) is 4.79 Å². The summed E-state index contributed by atoms with van der Waals surface area (Å²) in [5.74, 6) is 2.56. The van der Waals surface area contributed by atoms with Crippen LogP contribution in [0.1, 0.15) is 27.4 Å². The summed E-state index contributed by atoms with van der Waals surface area (Å²) in [6, 6.07) is 15.5. The van der Waals surface area contributed by atoms with Crippen molar-refractivity contribution in [2.24, 2.45) is 0 Å². The van der Waals surface area contributed by atoms with E-state index in [-0.39, 0.29) is 12.7 Å². The lowest BCUT2D eigenvalue weighted by molar-refractivity contribution is 0.0984. The minimum atomic E-state index is -0.105. The molecule has 3 heterocycles. The van der Waals surface area contributed by atoms with Crippen molar-refractivity contribution < 1.29 is 14.3 Å². The maximum Gasteiger partial charge on any atom is 0.277 e. The number of ether oxygens (including phenoxy) is 2. The molecule has 0 atom stereocenters. The zero-order valence-corrected chi connectivity index (χ0v) is 16.0. The molecule has 29 heavy (non-hydrogen) atoms. The summed E-state index contributed by atoms with van der Waals surface area (Å²) in [6.07, 6.45) is 0.862. The molecule has 146 valence electrons. The number of anilines is 2. The van der Waals surface area contributed by atoms with E-state index in [9.17, 15) is 4.79 Å². The number of aromatic nitrogens is 2. The first-order valence-corrected chi connectivity index (χ1v) is 9.55. The fourth-order valence-electron chi connectivity index (χ4n) is 3.70. The lowest BCUT2D eigenvalue weighted by atomic mass is 10.2. The summed E-state index contributed by atoms with van der Waals surface area (Å²) in [5, 5.41) is 3.28. The zero-order chi connectivity index (χ0) is 19.8. The van der Waals surface area contributed by atoms with E-state index >= 15 is 0 Å². The van der Waals surface area contributed by atoms with E-state index in [2.05, 4.69) is 21.4 Å². The number of para-hydroxylation sites is 1. The lowest BCUT2D eigenvalue weighted by Gasteiger charge is -2.17. The molecule has 0 aliphatic carbocycles. The third kappa shape index (κ3) is 3.35. The third-order valence-corrected chi connectivity index (χ3v) is 5.10. The molecule has 0 unspecified atom stereocenters. The highest BCUT2D eigenvalue weighted by Gasteiger charge is 2.26. The maximum absolute atomic E-state index is 13.1. The van der Waals surface area contributed by atoms with Gasteiger partial charge in [0, 0.05) is 24.8 Å². The highest BCUT2D eigenvalue weighted by Crippen LogP contribution is 2.33. The van der Waals surface area contributed by atoms with Gasteiger partial charge >= 0.3 is 0 Å². The Labute approximate surface area is 168 Å². The molecule has 2 aromatic carbocycles. The van der Waals surface area contributed by atoms with Gasteiger partial charge in [0.15, 0.2) is 11.5 Å². The summed E-state index contributed by atoms with van der Waals surface area (Å²) < 4.78 is 10.8. The Kier molecular flexibility index (Phi) is 4.27. The summed E-state index contributed by atoms with van der Waals surface area (Å²) in [6.45, 7) is 3.26. The normalized spacial score (nSPS) is 14.0. The minimum absolute atomic E-state index is 0.105. The lowest BCUT2D eigenvalue weighted by Crippen LogP contribution is -2.30. The van der Waals surface area contributed by atoms with Crippen molar-refractivity contribution in [3.63, 3.8) is 0 Å². The van der Waals surface area contributed by atoms with E-state index in [0.29, 0.717) is 30.4 Å². The number of amides is 1. The fraction of sp³-hybridized carbons (Fsp3) is 0.227. The highest BCUT2D eigenvalue weighted by atomic mass is 16.7. The van der Waals surface area contributed by atoms with Crippen molar-refractivity contribution in [1.82, 2.24) is 9.97 Å². The number of benzene rings is 2. The smallest absolute Gasteiger partial charge is 0.277 e. The van der Waals surface area contributed by atoms with E-state index in [1.165, 1.54) is 5.56 Å². The van der Waals surface area contributed by atoms with Gasteiger partial charge in [-0.15, -0.1) is 0 Å². The molecular formula is C22H20N4O3. The number of carbonyl (C=O) groups excluding carboxylic acids is 1. The molecule has 0 bridgehead atoms. The Bertz CT molecular complexity index is 1100. The average molecular weight is 388 g/mol. The first kappa shape index (κ1) is 17.5. The molecule has 0 radical (unpaired) electrons. The zero-order valence-electron chi connectivity index (χ0n) is 16.0. The minimum Gasteiger partial charge on any atom is -0.454 e. The van der Waals surface area contributed by atoms with Crippen molar-refractivity contribution in [3.8, 4) is 11.5 Å². The molecule has 0 saturated heterocycles. The van der Waals surface area contributed by atoms with Crippen LogP contribution >= 0.6 is 0 Å². The van der Waals surface area contributed by atoms with Crippen LogP contribution in [0.4, 0.5) is 11.5 Å². The molecule has 1 aromatic heterocycles. The molecular weight excluding hydrogens is 368 g/mol. The largest absolute Gasteiger partial charge is 0.454 e. The monoisotopic (exact) mass is 388 g/mol. The third-order valence-electron chi connectivity index (χ3n) is 5.10. The molecule has 1 amide bonds. The highest BCUT2D eigenvalue weighted by molar-refractivity contribution is 6.06. The van der Waals surface area contributed by atoms with Gasteiger partial charge < -0.3 is 19.7 Å². The molecule has 0 saturated carbocycles. The number of hydrogen-bond donors (Lipinski definition) is 1. The van der Waals surface area contributed by atoms with Gasteiger partial charge in [-0.2, -0.15) is 0 Å². The number of fused-ring (bicyclic) bond motifs is 2. The van der Waals surface area contributed by atoms with Gasteiger partial charge in [0.25, 0.3) is 5.91 Å². The standard InChI is InChI=1S/C22H20N4O3/c1-14-24-17(22(27)26-9-8-16-4-2-3-5-18(16)26)11-21(25-14)23-12-15-6-7-19-20(10-15)29-13-28-19/h2-7,10-11H,8-9,12-13H2,1H3,(H,23,24,25). The SMILES string of the molecule is Cc1nc(NCc2ccc3c(c2)OCO3)cc(C(=O)N2CCc3ccccc32)n1. The van der Waals surface area contributed by atoms with Crippen molar-refractivity contribution in [3.05, 3.63) is 71.2 Å². The molecule has 2 aliphatic rings. The van der Waals surface area contributed by atoms with Crippen molar-refractivity contribution in [1.29, 1.82) is 0 Å². The number of nitrogens with one attached hydrogen (secondary N) is 1. The molecule has 5 rings (SSSR count). The quantitative estimate of drug-likeness (QED) is 0.739. The average Bonchev–Trinajstić information content (AvgIpc) is 3.37. The number of carbonyl (C=O) groups is 1. The van der Waals surface area contributed by atoms with E-state index in [1.807, 2.05) is 36.4 Å². The number of hydrogen-bond acceptors (Lipinski definition) is 6. The van der Waals surface area contributed by atoms with Crippen molar-refractivity contribution >= 4 is 17.4 Å². The maximum atomic E-state index is 13.1. The predicted molar refractivity (Wildman–Crippen MR) is 108 cm³/mol. The van der Waals surface area contributed by atoms with Crippen LogP contribution in [0.25, 0.3) is 0 Å². The Morgan fingerprint density at radius 3 is 2.90 bits per heavy atom. The first-order valence-electron chi connectivity index (χ1n) is 9.55. The number of aryl methyl sites for hydroxylation is 1. The topological polar surface area (TPSA) is 76.6 Å². The molecule has 0 fully saturated rings. The van der Waals surface area contributed by atoms with Gasteiger partial charge in [-0.25, -0.2) is 9.97 Å². The number of nitrogens with zero attached hydrogens (tertiary/aromatic N) is 3. The van der Waals surface area contributed by atoms with E-state index in [4.69, 9.17) is 9.47 Å². The van der Waals surface area contributed by atoms with Crippen LogP contribution in [-0.2, 0) is 13.0 Å². The summed E-state index contributed by atoms with van der Waals surface area (Å²) in [5.41, 5.74) is 3.57. The molecule has 3 aromatic rings. The second-order valence-corrected chi connectivity index (χ2v) is 7.06. The Balaban J connectivity index is 1.34. The van der Waals surface area contributed by atoms with Gasteiger partial charge in [0.2, 0.25) is 6.79 Å². The summed E-state index contributed by atoms with van der Waals surface area (Å²) in [4.78, 5) is 23.7. The van der Waals surface area contributed by atoms with Gasteiger partial charge in [0.05, 0.1) is 0 Å². The first-order chi connectivity index (χ1) is 14.2. The number of rotatable bonds is 4. The summed E-state index contributed by atoms with van der Waals surface area (Å²) >= 11 is 0. The van der Waals surface area contributed by atoms with Gasteiger partial charge in [-0.1, -0.05) is 24.3 Å². The van der Waals surface area contributed by atoms with E-state index in [0.717, 1.165) is 29.2 Å². The Hall–Kier alpha value is -3.61. The molecule has 0 spiro atoms. The van der Waals surface area contributed by atoms with Crippen LogP contribution in [0.15, 0.2) is 48.5 Å². The van der Waals surface area contributed by atoms with Crippen LogP contribution in [-0.4, -0.2) is 29.2 Å². The molecule has 2 aliphatic heterocycles. The van der Waals surface area contributed by atoms with Crippen molar-refractivity contribution in [2.75, 3.05) is 23.6 Å². The van der Waals surface area contributed by atoms with Crippen LogP contribution in [0.3, 0.4) is 0 Å². The Morgan fingerprint density at radius 1 is 1.10 bits per heavy atom. The van der Waals surface area contributed by atoms with Crippen LogP contribution < -0.4 is 19.7 Å². The van der Waals surface area contributed by atoms with Crippen LogP contribution in [0.5, 0.6) is 11.5 Å². The van der Waals surface area contributed by atoms with Crippen LogP contribution in [0.2, 0.25) is 0 Å². The second kappa shape index (κ2) is 7.09. The van der Waals surface area contributed by atoms with E-state index < -0.39 is 0 Å². The molecule has 1 N–H and O–H groups in total. The van der Waals surface area contributed by atoms with Crippen molar-refractivity contribution in [2.45, 2.75) is 19.9 Å². The molecule has 7 heteroatoms.